The fraction of sp³-hybridized carbons (Fsp3) is 0.125. The molecule has 0 bridgehead atoms. The Morgan fingerprint density at radius 2 is 1.93 bits per heavy atom. The summed E-state index contributed by atoms with van der Waals surface area (Å²) in [5.74, 6) is -1.09. The number of alkyl halides is 1. The van der Waals surface area contributed by atoms with Crippen molar-refractivity contribution in [2.75, 3.05) is 0 Å². The lowest BCUT2D eigenvalue weighted by molar-refractivity contribution is -0.167. The molecule has 0 saturated carbocycles. The van der Waals surface area contributed by atoms with Crippen LogP contribution in [0.25, 0.3) is 0 Å². The van der Waals surface area contributed by atoms with Gasteiger partial charge in [0, 0.05) is 0 Å². The van der Waals surface area contributed by atoms with E-state index in [0.717, 1.165) is 0 Å². The normalized spacial score (nSPS) is 14.2. The zero-order valence-electron chi connectivity index (χ0n) is 6.81. The van der Waals surface area contributed by atoms with E-state index in [4.69, 9.17) is 28.2 Å². The number of para-hydroxylation sites is 1. The molecule has 1 unspecified atom stereocenters. The van der Waals surface area contributed by atoms with Gasteiger partial charge >= 0.3 is 11.2 Å². The summed E-state index contributed by atoms with van der Waals surface area (Å²) in [6.07, 6.45) is 0. The number of benzene rings is 1. The Morgan fingerprint density at radius 3 is 2.43 bits per heavy atom. The maximum Gasteiger partial charge on any atom is 0.415 e. The van der Waals surface area contributed by atoms with E-state index in [-0.39, 0.29) is 5.75 Å². The van der Waals surface area contributed by atoms with Crippen LogP contribution in [0, 0.1) is 0 Å². The monoisotopic (exact) mass is 236 g/mol. The topological polar surface area (TPSA) is 55.8 Å². The van der Waals surface area contributed by atoms with Gasteiger partial charge in [0.05, 0.1) is 0 Å². The quantitative estimate of drug-likeness (QED) is 0.641. The van der Waals surface area contributed by atoms with Gasteiger partial charge in [-0.15, -0.1) is 0 Å². The Labute approximate surface area is 90.1 Å². The van der Waals surface area contributed by atoms with E-state index in [0.29, 0.717) is 0 Å². The first-order valence-corrected chi connectivity index (χ1v) is 4.23. The molecule has 6 heteroatoms. The van der Waals surface area contributed by atoms with Crippen LogP contribution in [0.5, 0.6) is 5.75 Å². The SMILES string of the molecule is O=C(OCl)C(O)(Cl)Oc1ccccc1. The van der Waals surface area contributed by atoms with Gasteiger partial charge in [-0.25, -0.2) is 4.79 Å². The Balaban J connectivity index is 2.73. The fourth-order valence-corrected chi connectivity index (χ4v) is 1.01. The maximum atomic E-state index is 10.8. The summed E-state index contributed by atoms with van der Waals surface area (Å²) in [4.78, 5) is 10.8. The zero-order chi connectivity index (χ0) is 10.6. The molecule has 0 heterocycles. The molecule has 0 spiro atoms. The molecule has 0 fully saturated rings. The molecule has 0 aromatic heterocycles. The van der Waals surface area contributed by atoms with Gasteiger partial charge in [0.2, 0.25) is 0 Å². The summed E-state index contributed by atoms with van der Waals surface area (Å²) in [5, 5.41) is 6.61. The molecular formula is C8H6Cl2O4. The smallest absolute Gasteiger partial charge is 0.415 e. The molecule has 0 aliphatic heterocycles. The van der Waals surface area contributed by atoms with Crippen LogP contribution in [0.15, 0.2) is 30.3 Å². The van der Waals surface area contributed by atoms with Gasteiger partial charge < -0.3 is 14.1 Å². The van der Waals surface area contributed by atoms with Gasteiger partial charge in [-0.05, 0) is 23.7 Å². The number of ether oxygens (including phenoxy) is 1. The molecule has 0 saturated heterocycles. The Morgan fingerprint density at radius 1 is 1.36 bits per heavy atom. The molecule has 1 aromatic rings. The molecule has 76 valence electrons. The lowest BCUT2D eigenvalue weighted by Crippen LogP contribution is -2.38. The van der Waals surface area contributed by atoms with Gasteiger partial charge in [-0.3, -0.25) is 0 Å². The largest absolute Gasteiger partial charge is 0.440 e. The Kier molecular flexibility index (Phi) is 3.57. The molecule has 14 heavy (non-hydrogen) atoms. The summed E-state index contributed by atoms with van der Waals surface area (Å²) in [7, 11) is 0. The van der Waals surface area contributed by atoms with E-state index in [9.17, 15) is 9.90 Å². The van der Waals surface area contributed by atoms with Gasteiger partial charge in [0.15, 0.2) is 0 Å². The van der Waals surface area contributed by atoms with Crippen molar-refractivity contribution in [3.63, 3.8) is 0 Å². The van der Waals surface area contributed by atoms with Crippen molar-refractivity contribution in [1.82, 2.24) is 0 Å². The zero-order valence-corrected chi connectivity index (χ0v) is 8.33. The second-order valence-electron chi connectivity index (χ2n) is 2.34. The van der Waals surface area contributed by atoms with E-state index in [2.05, 4.69) is 4.29 Å². The van der Waals surface area contributed by atoms with Crippen LogP contribution in [0.3, 0.4) is 0 Å². The average Bonchev–Trinajstić information content (AvgIpc) is 2.17. The van der Waals surface area contributed by atoms with E-state index in [1.54, 1.807) is 18.2 Å². The minimum absolute atomic E-state index is 0.215. The lowest BCUT2D eigenvalue weighted by atomic mass is 10.3. The second-order valence-corrected chi connectivity index (χ2v) is 3.01. The van der Waals surface area contributed by atoms with Crippen LogP contribution in [-0.2, 0) is 9.08 Å². The van der Waals surface area contributed by atoms with E-state index < -0.39 is 11.2 Å². The predicted octanol–water partition coefficient (Wildman–Crippen LogP) is 1.65. The number of hydrogen-bond donors (Lipinski definition) is 1. The first kappa shape index (κ1) is 11.1. The van der Waals surface area contributed by atoms with Crippen molar-refractivity contribution in [3.05, 3.63) is 30.3 Å². The number of carbonyl (C=O) groups excluding carboxylic acids is 1. The van der Waals surface area contributed by atoms with E-state index in [1.165, 1.54) is 12.1 Å². The third kappa shape index (κ3) is 2.77. The highest BCUT2D eigenvalue weighted by Crippen LogP contribution is 2.21. The van der Waals surface area contributed by atoms with Crippen LogP contribution < -0.4 is 4.74 Å². The average molecular weight is 237 g/mol. The minimum atomic E-state index is -2.61. The summed E-state index contributed by atoms with van der Waals surface area (Å²) < 4.78 is 8.43. The number of aliphatic hydroxyl groups is 1. The molecular weight excluding hydrogens is 231 g/mol. The van der Waals surface area contributed by atoms with Crippen LogP contribution in [0.1, 0.15) is 0 Å². The first-order valence-electron chi connectivity index (χ1n) is 3.54. The fourth-order valence-electron chi connectivity index (χ4n) is 0.734. The minimum Gasteiger partial charge on any atom is -0.440 e. The van der Waals surface area contributed by atoms with E-state index >= 15 is 0 Å². The van der Waals surface area contributed by atoms with Crippen LogP contribution in [-0.4, -0.2) is 16.3 Å². The molecule has 1 N–H and O–H groups in total. The highest BCUT2D eigenvalue weighted by molar-refractivity contribution is 6.33. The van der Waals surface area contributed by atoms with E-state index in [1.807, 2.05) is 0 Å². The van der Waals surface area contributed by atoms with Gasteiger partial charge in [-0.2, -0.15) is 0 Å². The highest BCUT2D eigenvalue weighted by Gasteiger charge is 2.38. The molecule has 0 radical (unpaired) electrons. The van der Waals surface area contributed by atoms with Crippen molar-refractivity contribution in [2.24, 2.45) is 0 Å². The number of carbonyl (C=O) groups is 1. The standard InChI is InChI=1S/C8H6Cl2O4/c9-8(12,7(11)14-10)13-6-4-2-1-3-5-6/h1-5,12H. The second kappa shape index (κ2) is 4.50. The Bertz CT molecular complexity index is 312. The maximum absolute atomic E-state index is 10.8. The predicted molar refractivity (Wildman–Crippen MR) is 49.8 cm³/mol. The number of hydrogen-bond acceptors (Lipinski definition) is 4. The molecule has 0 aliphatic rings. The van der Waals surface area contributed by atoms with Crippen LogP contribution >= 0.6 is 23.5 Å². The van der Waals surface area contributed by atoms with Crippen molar-refractivity contribution in [3.8, 4) is 5.75 Å². The summed E-state index contributed by atoms with van der Waals surface area (Å²) in [6.45, 7) is 0. The summed E-state index contributed by atoms with van der Waals surface area (Å²) in [5.41, 5.74) is 0. The van der Waals surface area contributed by atoms with Crippen molar-refractivity contribution < 1.29 is 18.9 Å². The van der Waals surface area contributed by atoms with Crippen molar-refractivity contribution >= 4 is 29.4 Å². The molecule has 1 rings (SSSR count). The third-order valence-corrected chi connectivity index (χ3v) is 1.69. The molecule has 4 nitrogen and oxygen atoms in total. The van der Waals surface area contributed by atoms with Crippen LogP contribution in [0.2, 0.25) is 0 Å². The van der Waals surface area contributed by atoms with Gasteiger partial charge in [-0.1, -0.05) is 18.2 Å². The molecule has 1 atom stereocenters. The lowest BCUT2D eigenvalue weighted by Gasteiger charge is -2.17. The number of rotatable bonds is 3. The summed E-state index contributed by atoms with van der Waals surface area (Å²) in [6, 6.07) is 8.05. The number of halogens is 2. The highest BCUT2D eigenvalue weighted by atomic mass is 35.5. The third-order valence-electron chi connectivity index (χ3n) is 1.32. The summed E-state index contributed by atoms with van der Waals surface area (Å²) >= 11 is 10.0. The van der Waals surface area contributed by atoms with Crippen molar-refractivity contribution in [1.29, 1.82) is 0 Å². The van der Waals surface area contributed by atoms with Crippen molar-refractivity contribution in [2.45, 2.75) is 5.25 Å². The van der Waals surface area contributed by atoms with Crippen LogP contribution in [0.4, 0.5) is 0 Å². The van der Waals surface area contributed by atoms with Gasteiger partial charge in [0.1, 0.15) is 17.6 Å². The molecule has 0 aliphatic carbocycles. The van der Waals surface area contributed by atoms with Gasteiger partial charge in [0.25, 0.3) is 0 Å². The molecule has 1 aromatic carbocycles. The molecule has 0 amide bonds. The first-order chi connectivity index (χ1) is 6.56. The Hall–Kier alpha value is -0.970.